The number of esters is 1. The van der Waals surface area contributed by atoms with Gasteiger partial charge in [0.1, 0.15) is 5.76 Å². The van der Waals surface area contributed by atoms with Crippen LogP contribution in [0.15, 0.2) is 43.7 Å². The Kier molecular flexibility index (Phi) is 4.66. The highest BCUT2D eigenvalue weighted by Gasteiger charge is 2.11. The Morgan fingerprint density at radius 1 is 1.26 bits per heavy atom. The predicted molar refractivity (Wildman–Crippen MR) is 79.2 cm³/mol. The quantitative estimate of drug-likeness (QED) is 0.797. The van der Waals surface area contributed by atoms with Crippen LogP contribution in [-0.4, -0.2) is 13.1 Å². The minimum absolute atomic E-state index is 0.200. The molecule has 0 aliphatic carbocycles. The van der Waals surface area contributed by atoms with Crippen LogP contribution < -0.4 is 5.32 Å². The van der Waals surface area contributed by atoms with Gasteiger partial charge in [0.2, 0.25) is 5.76 Å². The zero-order valence-corrected chi connectivity index (χ0v) is 13.2. The van der Waals surface area contributed by atoms with E-state index in [0.717, 1.165) is 14.6 Å². The highest BCUT2D eigenvalue weighted by Crippen LogP contribution is 2.30. The first kappa shape index (κ1) is 14.1. The van der Waals surface area contributed by atoms with Gasteiger partial charge < -0.3 is 14.5 Å². The number of hydrogen-bond donors (Lipinski definition) is 1. The summed E-state index contributed by atoms with van der Waals surface area (Å²) in [6.45, 7) is 0.470. The molecule has 2 aromatic rings. The molecule has 2 rings (SSSR count). The first-order valence-corrected chi connectivity index (χ1v) is 7.05. The van der Waals surface area contributed by atoms with Gasteiger partial charge in [0.05, 0.1) is 19.3 Å². The average molecular weight is 389 g/mol. The summed E-state index contributed by atoms with van der Waals surface area (Å²) < 4.78 is 11.8. The van der Waals surface area contributed by atoms with Crippen LogP contribution in [0.2, 0.25) is 0 Å². The fourth-order valence-electron chi connectivity index (χ4n) is 1.53. The number of para-hydroxylation sites is 1. The van der Waals surface area contributed by atoms with E-state index in [1.807, 2.05) is 18.2 Å². The Balaban J connectivity index is 2.07. The standard InChI is InChI=1S/C13H11Br2NO3/c1-18-13(17)11-6-5-8(19-11)7-16-12-9(14)3-2-4-10(12)15/h2-6,16H,7H2,1H3. The molecule has 4 nitrogen and oxygen atoms in total. The summed E-state index contributed by atoms with van der Waals surface area (Å²) in [7, 11) is 1.32. The second kappa shape index (κ2) is 6.25. The molecule has 0 aliphatic rings. The topological polar surface area (TPSA) is 51.5 Å². The van der Waals surface area contributed by atoms with E-state index < -0.39 is 5.97 Å². The summed E-state index contributed by atoms with van der Waals surface area (Å²) >= 11 is 6.93. The molecule has 0 bridgehead atoms. The van der Waals surface area contributed by atoms with Crippen LogP contribution in [-0.2, 0) is 11.3 Å². The van der Waals surface area contributed by atoms with E-state index in [-0.39, 0.29) is 5.76 Å². The Labute approximate surface area is 127 Å². The fourth-order valence-corrected chi connectivity index (χ4v) is 2.80. The third-order valence-electron chi connectivity index (χ3n) is 2.45. The third kappa shape index (κ3) is 3.39. The molecule has 0 saturated heterocycles. The van der Waals surface area contributed by atoms with Gasteiger partial charge in [-0.15, -0.1) is 0 Å². The average Bonchev–Trinajstić information content (AvgIpc) is 2.86. The van der Waals surface area contributed by atoms with Crippen molar-refractivity contribution < 1.29 is 13.9 Å². The van der Waals surface area contributed by atoms with E-state index in [2.05, 4.69) is 41.9 Å². The minimum atomic E-state index is -0.478. The van der Waals surface area contributed by atoms with Crippen LogP contribution in [0, 0.1) is 0 Å². The molecule has 0 radical (unpaired) electrons. The number of rotatable bonds is 4. The maximum atomic E-state index is 11.3. The molecule has 1 aromatic heterocycles. The number of benzene rings is 1. The lowest BCUT2D eigenvalue weighted by Gasteiger charge is -2.09. The second-order valence-corrected chi connectivity index (χ2v) is 5.42. The van der Waals surface area contributed by atoms with Crippen LogP contribution in [0.4, 0.5) is 5.69 Å². The van der Waals surface area contributed by atoms with Gasteiger partial charge in [0.15, 0.2) is 0 Å². The first-order valence-electron chi connectivity index (χ1n) is 5.46. The molecule has 6 heteroatoms. The number of carbonyl (C=O) groups is 1. The minimum Gasteiger partial charge on any atom is -0.463 e. The summed E-state index contributed by atoms with van der Waals surface area (Å²) in [6.07, 6.45) is 0. The molecule has 0 aliphatic heterocycles. The van der Waals surface area contributed by atoms with Gasteiger partial charge in [-0.3, -0.25) is 0 Å². The molecule has 1 heterocycles. The molecule has 0 unspecified atom stereocenters. The van der Waals surface area contributed by atoms with Gasteiger partial charge in [0.25, 0.3) is 0 Å². The molecule has 0 amide bonds. The number of halogens is 2. The van der Waals surface area contributed by atoms with E-state index in [1.54, 1.807) is 12.1 Å². The molecule has 1 N–H and O–H groups in total. The van der Waals surface area contributed by atoms with Crippen LogP contribution >= 0.6 is 31.9 Å². The van der Waals surface area contributed by atoms with Crippen molar-refractivity contribution >= 4 is 43.5 Å². The van der Waals surface area contributed by atoms with Gasteiger partial charge in [0, 0.05) is 8.95 Å². The smallest absolute Gasteiger partial charge is 0.373 e. The Bertz CT molecular complexity index is 575. The highest BCUT2D eigenvalue weighted by atomic mass is 79.9. The van der Waals surface area contributed by atoms with Crippen molar-refractivity contribution in [3.05, 3.63) is 50.8 Å². The van der Waals surface area contributed by atoms with Gasteiger partial charge >= 0.3 is 5.97 Å². The highest BCUT2D eigenvalue weighted by molar-refractivity contribution is 9.11. The number of hydrogen-bond acceptors (Lipinski definition) is 4. The summed E-state index contributed by atoms with van der Waals surface area (Å²) in [5, 5.41) is 3.23. The maximum absolute atomic E-state index is 11.3. The Morgan fingerprint density at radius 2 is 1.95 bits per heavy atom. The Hall–Kier alpha value is -1.27. The van der Waals surface area contributed by atoms with Crippen molar-refractivity contribution in [3.63, 3.8) is 0 Å². The molecule has 1 aromatic carbocycles. The van der Waals surface area contributed by atoms with E-state index in [0.29, 0.717) is 12.3 Å². The van der Waals surface area contributed by atoms with Gasteiger partial charge in [-0.2, -0.15) is 0 Å². The molecule has 0 saturated carbocycles. The number of ether oxygens (including phenoxy) is 1. The summed E-state index contributed by atoms with van der Waals surface area (Å²) in [5.41, 5.74) is 0.929. The zero-order chi connectivity index (χ0) is 13.8. The SMILES string of the molecule is COC(=O)c1ccc(CNc2c(Br)cccc2Br)o1. The fraction of sp³-hybridized carbons (Fsp3) is 0.154. The van der Waals surface area contributed by atoms with E-state index in [9.17, 15) is 4.79 Å². The lowest BCUT2D eigenvalue weighted by molar-refractivity contribution is 0.0563. The lowest BCUT2D eigenvalue weighted by atomic mass is 10.3. The van der Waals surface area contributed by atoms with E-state index in [4.69, 9.17) is 4.42 Å². The number of anilines is 1. The lowest BCUT2D eigenvalue weighted by Crippen LogP contribution is -2.01. The molecular formula is C13H11Br2NO3. The molecule has 0 atom stereocenters. The van der Waals surface area contributed by atoms with Gasteiger partial charge in [-0.25, -0.2) is 4.79 Å². The monoisotopic (exact) mass is 387 g/mol. The van der Waals surface area contributed by atoms with Crippen molar-refractivity contribution in [1.82, 2.24) is 0 Å². The molecule has 100 valence electrons. The number of nitrogens with one attached hydrogen (secondary N) is 1. The molecule has 19 heavy (non-hydrogen) atoms. The van der Waals surface area contributed by atoms with Crippen molar-refractivity contribution in [2.45, 2.75) is 6.54 Å². The van der Waals surface area contributed by atoms with Gasteiger partial charge in [-0.05, 0) is 56.1 Å². The van der Waals surface area contributed by atoms with Gasteiger partial charge in [-0.1, -0.05) is 6.07 Å². The van der Waals surface area contributed by atoms with Crippen molar-refractivity contribution in [2.24, 2.45) is 0 Å². The predicted octanol–water partition coefficient (Wildman–Crippen LogP) is 4.20. The molecule has 0 spiro atoms. The number of methoxy groups -OCH3 is 1. The molecule has 0 fully saturated rings. The zero-order valence-electron chi connectivity index (χ0n) is 10.1. The number of carbonyl (C=O) groups excluding carboxylic acids is 1. The van der Waals surface area contributed by atoms with E-state index >= 15 is 0 Å². The van der Waals surface area contributed by atoms with Crippen LogP contribution in [0.25, 0.3) is 0 Å². The Morgan fingerprint density at radius 3 is 2.58 bits per heavy atom. The van der Waals surface area contributed by atoms with Crippen molar-refractivity contribution in [2.75, 3.05) is 12.4 Å². The summed E-state index contributed by atoms with van der Waals surface area (Å²) in [4.78, 5) is 11.3. The normalized spacial score (nSPS) is 10.3. The summed E-state index contributed by atoms with van der Waals surface area (Å²) in [6, 6.07) is 9.15. The van der Waals surface area contributed by atoms with Crippen molar-refractivity contribution in [1.29, 1.82) is 0 Å². The molecular weight excluding hydrogens is 378 g/mol. The van der Waals surface area contributed by atoms with Crippen LogP contribution in [0.3, 0.4) is 0 Å². The van der Waals surface area contributed by atoms with Crippen molar-refractivity contribution in [3.8, 4) is 0 Å². The van der Waals surface area contributed by atoms with E-state index in [1.165, 1.54) is 7.11 Å². The third-order valence-corrected chi connectivity index (χ3v) is 3.77. The number of furan rings is 1. The second-order valence-electron chi connectivity index (χ2n) is 3.71. The van der Waals surface area contributed by atoms with Crippen LogP contribution in [0.5, 0.6) is 0 Å². The maximum Gasteiger partial charge on any atom is 0.373 e. The first-order chi connectivity index (χ1) is 9.11. The van der Waals surface area contributed by atoms with Crippen LogP contribution in [0.1, 0.15) is 16.3 Å². The largest absolute Gasteiger partial charge is 0.463 e. The summed E-state index contributed by atoms with van der Waals surface area (Å²) in [5.74, 6) is 0.377.